The maximum Gasteiger partial charge on any atom is 0.133 e. The van der Waals surface area contributed by atoms with Gasteiger partial charge in [0.05, 0.1) is 12.1 Å². The van der Waals surface area contributed by atoms with Gasteiger partial charge in [0.1, 0.15) is 5.82 Å². The topological polar surface area (TPSA) is 25.4 Å². The van der Waals surface area contributed by atoms with E-state index in [9.17, 15) is 0 Å². The molecule has 0 bridgehead atoms. The lowest BCUT2D eigenvalue weighted by atomic mass is 10.0. The van der Waals surface area contributed by atoms with Crippen molar-refractivity contribution in [2.24, 2.45) is 5.92 Å². The van der Waals surface area contributed by atoms with Gasteiger partial charge in [0.25, 0.3) is 0 Å². The summed E-state index contributed by atoms with van der Waals surface area (Å²) >= 11 is 3.60. The summed E-state index contributed by atoms with van der Waals surface area (Å²) in [6.07, 6.45) is 2.43. The van der Waals surface area contributed by atoms with E-state index < -0.39 is 0 Å². The first-order valence-electron chi connectivity index (χ1n) is 7.51. The first-order valence-corrected chi connectivity index (χ1v) is 8.63. The molecular formula is C17H21BrN2O. The molecule has 21 heavy (non-hydrogen) atoms. The standard InChI is InChI=1S/C17H21BrN2O/c1-20(11-13-5-4-8-21-12-13)17-15(10-18)9-14-6-2-3-7-16(14)19-17/h2-3,6-7,9,13H,4-5,8,10-12H2,1H3. The van der Waals surface area contributed by atoms with Crippen molar-refractivity contribution < 1.29 is 4.74 Å². The zero-order valence-corrected chi connectivity index (χ0v) is 14.0. The van der Waals surface area contributed by atoms with E-state index in [0.717, 1.165) is 36.4 Å². The van der Waals surface area contributed by atoms with E-state index in [1.807, 2.05) is 6.07 Å². The number of anilines is 1. The van der Waals surface area contributed by atoms with Gasteiger partial charge in [-0.1, -0.05) is 34.1 Å². The minimum Gasteiger partial charge on any atom is -0.381 e. The molecule has 1 saturated heterocycles. The number of halogens is 1. The molecule has 1 aromatic heterocycles. The molecule has 3 rings (SSSR count). The van der Waals surface area contributed by atoms with Crippen LogP contribution in [0.1, 0.15) is 18.4 Å². The Morgan fingerprint density at radius 2 is 2.24 bits per heavy atom. The quantitative estimate of drug-likeness (QED) is 0.781. The molecule has 1 unspecified atom stereocenters. The number of hydrogen-bond acceptors (Lipinski definition) is 3. The van der Waals surface area contributed by atoms with E-state index in [0.29, 0.717) is 5.92 Å². The Labute approximate surface area is 134 Å². The van der Waals surface area contributed by atoms with Crippen LogP contribution in [0, 0.1) is 5.92 Å². The highest BCUT2D eigenvalue weighted by molar-refractivity contribution is 9.08. The van der Waals surface area contributed by atoms with Gasteiger partial charge < -0.3 is 9.64 Å². The Bertz CT molecular complexity index is 611. The van der Waals surface area contributed by atoms with Crippen molar-refractivity contribution in [3.8, 4) is 0 Å². The Kier molecular flexibility index (Phi) is 4.76. The number of nitrogens with zero attached hydrogens (tertiary/aromatic N) is 2. The molecule has 1 fully saturated rings. The van der Waals surface area contributed by atoms with Gasteiger partial charge in [-0.15, -0.1) is 0 Å². The molecule has 1 atom stereocenters. The van der Waals surface area contributed by atoms with Crippen molar-refractivity contribution in [1.82, 2.24) is 4.98 Å². The maximum absolute atomic E-state index is 5.59. The number of aromatic nitrogens is 1. The van der Waals surface area contributed by atoms with E-state index >= 15 is 0 Å². The van der Waals surface area contributed by atoms with E-state index in [4.69, 9.17) is 9.72 Å². The molecule has 2 heterocycles. The van der Waals surface area contributed by atoms with Crippen LogP contribution in [-0.4, -0.2) is 31.8 Å². The highest BCUT2D eigenvalue weighted by Gasteiger charge is 2.18. The van der Waals surface area contributed by atoms with Gasteiger partial charge >= 0.3 is 0 Å². The van der Waals surface area contributed by atoms with E-state index in [-0.39, 0.29) is 0 Å². The van der Waals surface area contributed by atoms with Gasteiger partial charge in [-0.3, -0.25) is 0 Å². The molecule has 3 nitrogen and oxygen atoms in total. The normalized spacial score (nSPS) is 18.9. The summed E-state index contributed by atoms with van der Waals surface area (Å²) in [6.45, 7) is 2.80. The molecule has 0 spiro atoms. The number of ether oxygens (including phenoxy) is 1. The summed E-state index contributed by atoms with van der Waals surface area (Å²) in [5.74, 6) is 1.69. The highest BCUT2D eigenvalue weighted by atomic mass is 79.9. The van der Waals surface area contributed by atoms with Crippen LogP contribution in [0.2, 0.25) is 0 Å². The number of rotatable bonds is 4. The largest absolute Gasteiger partial charge is 0.381 e. The Hall–Kier alpha value is -1.13. The van der Waals surface area contributed by atoms with Gasteiger partial charge in [0.15, 0.2) is 0 Å². The van der Waals surface area contributed by atoms with Gasteiger partial charge in [-0.25, -0.2) is 4.98 Å². The molecular weight excluding hydrogens is 328 g/mol. The van der Waals surface area contributed by atoms with Crippen LogP contribution >= 0.6 is 15.9 Å². The van der Waals surface area contributed by atoms with Crippen LogP contribution < -0.4 is 4.90 Å². The first-order chi connectivity index (χ1) is 10.3. The summed E-state index contributed by atoms with van der Waals surface area (Å²) in [5.41, 5.74) is 2.30. The second-order valence-electron chi connectivity index (χ2n) is 5.76. The lowest BCUT2D eigenvalue weighted by molar-refractivity contribution is 0.0576. The minimum absolute atomic E-state index is 0.611. The smallest absolute Gasteiger partial charge is 0.133 e. The lowest BCUT2D eigenvalue weighted by Crippen LogP contribution is -2.31. The second kappa shape index (κ2) is 6.75. The number of para-hydroxylation sites is 1. The average molecular weight is 349 g/mol. The fourth-order valence-corrected chi connectivity index (χ4v) is 3.42. The number of fused-ring (bicyclic) bond motifs is 1. The maximum atomic E-state index is 5.59. The van der Waals surface area contributed by atoms with Crippen molar-refractivity contribution in [3.05, 3.63) is 35.9 Å². The van der Waals surface area contributed by atoms with Crippen LogP contribution in [0.4, 0.5) is 5.82 Å². The fraction of sp³-hybridized carbons (Fsp3) is 0.471. The van der Waals surface area contributed by atoms with E-state index in [2.05, 4.69) is 52.1 Å². The summed E-state index contributed by atoms with van der Waals surface area (Å²) in [5, 5.41) is 2.02. The summed E-state index contributed by atoms with van der Waals surface area (Å²) in [7, 11) is 2.14. The zero-order chi connectivity index (χ0) is 14.7. The predicted molar refractivity (Wildman–Crippen MR) is 91.2 cm³/mol. The SMILES string of the molecule is CN(CC1CCCOC1)c1nc2ccccc2cc1CBr. The van der Waals surface area contributed by atoms with Crippen LogP contribution in [-0.2, 0) is 10.1 Å². The van der Waals surface area contributed by atoms with Gasteiger partial charge in [-0.05, 0) is 30.9 Å². The number of hydrogen-bond donors (Lipinski definition) is 0. The van der Waals surface area contributed by atoms with Crippen molar-refractivity contribution in [3.63, 3.8) is 0 Å². The molecule has 0 radical (unpaired) electrons. The zero-order valence-electron chi connectivity index (χ0n) is 12.4. The molecule has 2 aromatic rings. The Morgan fingerprint density at radius 3 is 3.00 bits per heavy atom. The van der Waals surface area contributed by atoms with E-state index in [1.165, 1.54) is 23.8 Å². The van der Waals surface area contributed by atoms with Crippen LogP contribution in [0.3, 0.4) is 0 Å². The summed E-state index contributed by atoms with van der Waals surface area (Å²) in [4.78, 5) is 7.15. The number of benzene rings is 1. The molecule has 0 amide bonds. The summed E-state index contributed by atoms with van der Waals surface area (Å²) in [6, 6.07) is 10.5. The fourth-order valence-electron chi connectivity index (χ4n) is 3.00. The average Bonchev–Trinajstić information content (AvgIpc) is 2.54. The highest BCUT2D eigenvalue weighted by Crippen LogP contribution is 2.26. The Balaban J connectivity index is 1.86. The van der Waals surface area contributed by atoms with Gasteiger partial charge in [-0.2, -0.15) is 0 Å². The van der Waals surface area contributed by atoms with Gasteiger partial charge in [0.2, 0.25) is 0 Å². The van der Waals surface area contributed by atoms with Crippen molar-refractivity contribution >= 4 is 32.7 Å². The summed E-state index contributed by atoms with van der Waals surface area (Å²) < 4.78 is 5.59. The Morgan fingerprint density at radius 1 is 1.38 bits per heavy atom. The molecule has 0 N–H and O–H groups in total. The van der Waals surface area contributed by atoms with Crippen LogP contribution in [0.25, 0.3) is 10.9 Å². The molecule has 0 aliphatic carbocycles. The predicted octanol–water partition coefficient (Wildman–Crippen LogP) is 3.99. The third kappa shape index (κ3) is 3.38. The molecule has 112 valence electrons. The third-order valence-electron chi connectivity index (χ3n) is 4.07. The van der Waals surface area contributed by atoms with Crippen molar-refractivity contribution in [2.45, 2.75) is 18.2 Å². The molecule has 1 aliphatic rings. The van der Waals surface area contributed by atoms with Crippen LogP contribution in [0.5, 0.6) is 0 Å². The monoisotopic (exact) mass is 348 g/mol. The number of pyridine rings is 1. The minimum atomic E-state index is 0.611. The van der Waals surface area contributed by atoms with Crippen molar-refractivity contribution in [2.75, 3.05) is 31.7 Å². The lowest BCUT2D eigenvalue weighted by Gasteiger charge is -2.29. The number of alkyl halides is 1. The molecule has 1 aliphatic heterocycles. The van der Waals surface area contributed by atoms with E-state index in [1.54, 1.807) is 0 Å². The van der Waals surface area contributed by atoms with Gasteiger partial charge in [0, 0.05) is 36.5 Å². The van der Waals surface area contributed by atoms with Crippen LogP contribution in [0.15, 0.2) is 30.3 Å². The molecule has 1 aromatic carbocycles. The molecule has 4 heteroatoms. The third-order valence-corrected chi connectivity index (χ3v) is 4.68. The van der Waals surface area contributed by atoms with Crippen molar-refractivity contribution in [1.29, 1.82) is 0 Å². The first kappa shape index (κ1) is 14.8. The molecule has 0 saturated carbocycles. The second-order valence-corrected chi connectivity index (χ2v) is 6.32.